The molecule has 2 aromatic rings. The van der Waals surface area contributed by atoms with Crippen LogP contribution in [0.4, 0.5) is 5.69 Å². The molecule has 1 aliphatic rings. The molecule has 6 heteroatoms. The Kier molecular flexibility index (Phi) is 6.11. The number of aromatic hydroxyl groups is 1. The van der Waals surface area contributed by atoms with Gasteiger partial charge in [-0.3, -0.25) is 14.5 Å². The summed E-state index contributed by atoms with van der Waals surface area (Å²) in [6.45, 7) is 1.83. The van der Waals surface area contributed by atoms with Gasteiger partial charge in [0.05, 0.1) is 6.54 Å². The van der Waals surface area contributed by atoms with Gasteiger partial charge in [-0.05, 0) is 54.0 Å². The molecule has 146 valence electrons. The van der Waals surface area contributed by atoms with Crippen molar-refractivity contribution in [1.29, 1.82) is 0 Å². The number of amides is 2. The highest BCUT2D eigenvalue weighted by Gasteiger charge is 2.16. The molecule has 0 aromatic heterocycles. The summed E-state index contributed by atoms with van der Waals surface area (Å²) in [6, 6.07) is 14.1. The van der Waals surface area contributed by atoms with Gasteiger partial charge in [-0.15, -0.1) is 0 Å². The zero-order valence-electron chi connectivity index (χ0n) is 16.2. The van der Waals surface area contributed by atoms with Crippen molar-refractivity contribution in [1.82, 2.24) is 9.80 Å². The summed E-state index contributed by atoms with van der Waals surface area (Å²) in [5, 5.41) is 12.3. The van der Waals surface area contributed by atoms with Gasteiger partial charge in [-0.2, -0.15) is 0 Å². The molecule has 0 radical (unpaired) electrons. The lowest BCUT2D eigenvalue weighted by Gasteiger charge is -2.26. The van der Waals surface area contributed by atoms with Crippen molar-refractivity contribution >= 4 is 23.1 Å². The van der Waals surface area contributed by atoms with E-state index in [9.17, 15) is 14.7 Å². The molecule has 0 aliphatic carbocycles. The van der Waals surface area contributed by atoms with Gasteiger partial charge < -0.3 is 15.3 Å². The highest BCUT2D eigenvalue weighted by Crippen LogP contribution is 2.24. The van der Waals surface area contributed by atoms with Crippen molar-refractivity contribution in [2.75, 3.05) is 39.0 Å². The predicted octanol–water partition coefficient (Wildman–Crippen LogP) is 2.82. The first-order valence-corrected chi connectivity index (χ1v) is 9.25. The van der Waals surface area contributed by atoms with Crippen LogP contribution in [0.5, 0.6) is 5.75 Å². The third-order valence-electron chi connectivity index (χ3n) is 4.72. The van der Waals surface area contributed by atoms with Gasteiger partial charge in [0.25, 0.3) is 5.91 Å². The SMILES string of the molecule is CN(C)C(=O)c1ccc(NC(=O)CN2CC=C(c3ccc(O)cc3)CC2)cc1. The van der Waals surface area contributed by atoms with E-state index in [-0.39, 0.29) is 17.6 Å². The van der Waals surface area contributed by atoms with Crippen molar-refractivity contribution in [2.24, 2.45) is 0 Å². The van der Waals surface area contributed by atoms with Crippen LogP contribution in [0.2, 0.25) is 0 Å². The number of nitrogens with zero attached hydrogens (tertiary/aromatic N) is 2. The molecule has 0 unspecified atom stereocenters. The van der Waals surface area contributed by atoms with Gasteiger partial charge >= 0.3 is 0 Å². The van der Waals surface area contributed by atoms with Crippen LogP contribution < -0.4 is 5.32 Å². The lowest BCUT2D eigenvalue weighted by molar-refractivity contribution is -0.117. The van der Waals surface area contributed by atoms with Crippen LogP contribution in [-0.2, 0) is 4.79 Å². The molecule has 0 fully saturated rings. The molecule has 3 rings (SSSR count). The van der Waals surface area contributed by atoms with Gasteiger partial charge in [0.2, 0.25) is 5.91 Å². The van der Waals surface area contributed by atoms with Gasteiger partial charge in [0, 0.05) is 38.4 Å². The molecule has 0 atom stereocenters. The van der Waals surface area contributed by atoms with Crippen LogP contribution >= 0.6 is 0 Å². The van der Waals surface area contributed by atoms with E-state index in [2.05, 4.69) is 16.3 Å². The fraction of sp³-hybridized carbons (Fsp3) is 0.273. The van der Waals surface area contributed by atoms with Gasteiger partial charge in [-0.25, -0.2) is 0 Å². The lowest BCUT2D eigenvalue weighted by Crippen LogP contribution is -2.36. The van der Waals surface area contributed by atoms with Crippen LogP contribution in [0.3, 0.4) is 0 Å². The van der Waals surface area contributed by atoms with Crippen LogP contribution in [0.1, 0.15) is 22.3 Å². The molecule has 0 saturated carbocycles. The van der Waals surface area contributed by atoms with E-state index in [4.69, 9.17) is 0 Å². The Balaban J connectivity index is 1.52. The van der Waals surface area contributed by atoms with Crippen molar-refractivity contribution < 1.29 is 14.7 Å². The fourth-order valence-corrected chi connectivity index (χ4v) is 3.15. The van der Waals surface area contributed by atoms with Crippen molar-refractivity contribution in [3.63, 3.8) is 0 Å². The van der Waals surface area contributed by atoms with E-state index in [0.717, 1.165) is 18.5 Å². The number of carbonyl (C=O) groups excluding carboxylic acids is 2. The second-order valence-corrected chi connectivity index (χ2v) is 7.09. The monoisotopic (exact) mass is 379 g/mol. The first-order chi connectivity index (χ1) is 13.4. The van der Waals surface area contributed by atoms with E-state index in [1.165, 1.54) is 10.5 Å². The Bertz CT molecular complexity index is 871. The van der Waals surface area contributed by atoms with E-state index in [0.29, 0.717) is 24.3 Å². The molecular formula is C22H25N3O3. The fourth-order valence-electron chi connectivity index (χ4n) is 3.15. The Labute approximate surface area is 165 Å². The summed E-state index contributed by atoms with van der Waals surface area (Å²) in [6.07, 6.45) is 2.99. The number of rotatable bonds is 5. The topological polar surface area (TPSA) is 72.9 Å². The number of benzene rings is 2. The number of phenols is 1. The number of nitrogens with one attached hydrogen (secondary N) is 1. The second-order valence-electron chi connectivity index (χ2n) is 7.09. The Morgan fingerprint density at radius 3 is 2.32 bits per heavy atom. The summed E-state index contributed by atoms with van der Waals surface area (Å²) in [5.74, 6) is 0.119. The number of phenolic OH excluding ortho intramolecular Hbond substituents is 1. The number of anilines is 1. The van der Waals surface area contributed by atoms with Crippen molar-refractivity contribution in [3.05, 3.63) is 65.7 Å². The molecule has 1 aliphatic heterocycles. The zero-order chi connectivity index (χ0) is 20.1. The largest absolute Gasteiger partial charge is 0.508 e. The molecule has 2 aromatic carbocycles. The molecule has 2 N–H and O–H groups in total. The predicted molar refractivity (Wildman–Crippen MR) is 110 cm³/mol. The summed E-state index contributed by atoms with van der Waals surface area (Å²) in [5.41, 5.74) is 3.61. The Hall–Kier alpha value is -3.12. The number of hydrogen-bond acceptors (Lipinski definition) is 4. The minimum absolute atomic E-state index is 0.0672. The molecule has 1 heterocycles. The van der Waals surface area contributed by atoms with Crippen LogP contribution in [0, 0.1) is 0 Å². The van der Waals surface area contributed by atoms with Crippen molar-refractivity contribution in [3.8, 4) is 5.75 Å². The van der Waals surface area contributed by atoms with Gasteiger partial charge in [0.1, 0.15) is 5.75 Å². The van der Waals surface area contributed by atoms with Gasteiger partial charge in [0.15, 0.2) is 0 Å². The molecule has 28 heavy (non-hydrogen) atoms. The maximum atomic E-state index is 12.3. The smallest absolute Gasteiger partial charge is 0.253 e. The van der Waals surface area contributed by atoms with Gasteiger partial charge in [-0.1, -0.05) is 18.2 Å². The highest BCUT2D eigenvalue weighted by molar-refractivity contribution is 5.96. The van der Waals surface area contributed by atoms with Crippen LogP contribution in [-0.4, -0.2) is 60.5 Å². The van der Waals surface area contributed by atoms with Crippen LogP contribution in [0.15, 0.2) is 54.6 Å². The Morgan fingerprint density at radius 1 is 1.07 bits per heavy atom. The first-order valence-electron chi connectivity index (χ1n) is 9.25. The second kappa shape index (κ2) is 8.71. The molecule has 0 saturated heterocycles. The van der Waals surface area contributed by atoms with Crippen LogP contribution in [0.25, 0.3) is 5.57 Å². The Morgan fingerprint density at radius 2 is 1.75 bits per heavy atom. The van der Waals surface area contributed by atoms with Crippen molar-refractivity contribution in [2.45, 2.75) is 6.42 Å². The zero-order valence-corrected chi connectivity index (χ0v) is 16.2. The van der Waals surface area contributed by atoms with E-state index >= 15 is 0 Å². The third-order valence-corrected chi connectivity index (χ3v) is 4.72. The molecule has 0 bridgehead atoms. The standard InChI is InChI=1S/C22H25N3O3/c1-24(2)22(28)18-3-7-19(8-4-18)23-21(27)15-25-13-11-17(12-14-25)16-5-9-20(26)10-6-16/h3-11,26H,12-15H2,1-2H3,(H,23,27). The number of hydrogen-bond donors (Lipinski definition) is 2. The minimum atomic E-state index is -0.0758. The average molecular weight is 379 g/mol. The normalized spacial score (nSPS) is 14.3. The van der Waals surface area contributed by atoms with E-state index in [1.807, 2.05) is 12.1 Å². The summed E-state index contributed by atoms with van der Waals surface area (Å²) >= 11 is 0. The maximum absolute atomic E-state index is 12.3. The molecule has 2 amide bonds. The van der Waals surface area contributed by atoms with E-state index in [1.54, 1.807) is 50.5 Å². The first kappa shape index (κ1) is 19.6. The summed E-state index contributed by atoms with van der Waals surface area (Å²) in [4.78, 5) is 27.8. The lowest BCUT2D eigenvalue weighted by atomic mass is 9.99. The number of carbonyl (C=O) groups is 2. The average Bonchev–Trinajstić information content (AvgIpc) is 2.69. The molecular weight excluding hydrogens is 354 g/mol. The third kappa shape index (κ3) is 4.98. The molecule has 6 nitrogen and oxygen atoms in total. The summed E-state index contributed by atoms with van der Waals surface area (Å²) < 4.78 is 0. The highest BCUT2D eigenvalue weighted by atomic mass is 16.3. The summed E-state index contributed by atoms with van der Waals surface area (Å²) in [7, 11) is 3.41. The molecule has 0 spiro atoms. The quantitative estimate of drug-likeness (QED) is 0.838. The minimum Gasteiger partial charge on any atom is -0.508 e. The van der Waals surface area contributed by atoms with E-state index < -0.39 is 0 Å². The maximum Gasteiger partial charge on any atom is 0.253 e.